The molecular weight excluding hydrogens is 833 g/mol. The predicted octanol–water partition coefficient (Wildman–Crippen LogP) is 6.72. The molecule has 5 fully saturated rings. The van der Waals surface area contributed by atoms with Crippen molar-refractivity contribution in [1.82, 2.24) is 29.5 Å². The highest BCUT2D eigenvalue weighted by molar-refractivity contribution is 7.91. The molecule has 0 unspecified atom stereocenters. The first kappa shape index (κ1) is 42.9. The molecule has 0 spiro atoms. The monoisotopic (exact) mass is 890 g/mol. The fourth-order valence-electron chi connectivity index (χ4n) is 9.72. The van der Waals surface area contributed by atoms with Crippen molar-refractivity contribution < 1.29 is 41.8 Å². The van der Waals surface area contributed by atoms with Gasteiger partial charge >= 0.3 is 6.09 Å². The van der Waals surface area contributed by atoms with Crippen molar-refractivity contribution in [3.63, 3.8) is 0 Å². The van der Waals surface area contributed by atoms with E-state index in [-0.39, 0.29) is 50.3 Å². The van der Waals surface area contributed by atoms with Crippen LogP contribution in [0.1, 0.15) is 128 Å². The number of sulfonamides is 1. The summed E-state index contributed by atoms with van der Waals surface area (Å²) in [6.07, 6.45) is 11.3. The van der Waals surface area contributed by atoms with Crippen molar-refractivity contribution >= 4 is 56.1 Å². The van der Waals surface area contributed by atoms with Gasteiger partial charge in [0, 0.05) is 35.7 Å². The zero-order chi connectivity index (χ0) is 43.4. The number of carbonyl (C=O) groups excluding carboxylic acids is 4. The highest BCUT2D eigenvalue weighted by Crippen LogP contribution is 2.57. The van der Waals surface area contributed by atoms with Crippen LogP contribution in [-0.4, -0.2) is 100 Å². The Bertz CT molecular complexity index is 2360. The molecular formula is C45H58N6O9S2. The van der Waals surface area contributed by atoms with Gasteiger partial charge in [0.2, 0.25) is 21.8 Å². The zero-order valence-corrected chi connectivity index (χ0v) is 37.4. The highest BCUT2D eigenvalue weighted by Gasteiger charge is 2.62. The molecule has 17 heteroatoms. The first-order valence-electron chi connectivity index (χ1n) is 22.5. The number of nitrogens with zero attached hydrogens (tertiary/aromatic N) is 4. The number of hydrogen-bond acceptors (Lipinski definition) is 12. The van der Waals surface area contributed by atoms with E-state index >= 15 is 0 Å². The number of ketones is 1. The second-order valence-corrected chi connectivity index (χ2v) is 21.9. The van der Waals surface area contributed by atoms with Gasteiger partial charge in [0.25, 0.3) is 6.01 Å². The SMILES string of the molecule is CC(C)n1c(O[C@@H]2C[C@H]3C(=O)C[C@]4(C(=O)NS(=O)(=O)C5(C)CC5)C[C@@H]4/C=C\CCCCC[C@H](NC(=O)OC4COC4)C(=O)N3C2)nc2c(-c3nc(C4CCCC4)cs3)cccc21. The Kier molecular flexibility index (Phi) is 11.8. The van der Waals surface area contributed by atoms with E-state index in [1.54, 1.807) is 18.3 Å². The van der Waals surface area contributed by atoms with Crippen molar-refractivity contribution in [1.29, 1.82) is 0 Å². The standard InChI is InChI=1S/C45H58N6O9S2/c1-27(2)51-35-17-11-15-32(39-46-34(26-61-39)28-12-9-10-13-28)38(35)48-42(51)59-30-20-36-37(52)22-45(41(54)49-62(56,57)44(3)18-19-44)21-29(45)14-7-5-4-6-8-16-33(40(53)50(36)23-30)47-43(55)60-31-24-58-25-31/h7,11,14-15,17,26-31,33,36H,4-6,8-10,12-13,16,18-25H2,1-3H3,(H,47,55)(H,49,54)/b14-7-/t29-,30+,33-,36-,45+/m0/s1. The van der Waals surface area contributed by atoms with Crippen molar-refractivity contribution in [2.24, 2.45) is 11.3 Å². The lowest BCUT2D eigenvalue weighted by molar-refractivity contribution is -0.141. The van der Waals surface area contributed by atoms with Crippen molar-refractivity contribution in [2.75, 3.05) is 19.8 Å². The normalized spacial score (nSPS) is 28.7. The summed E-state index contributed by atoms with van der Waals surface area (Å²) < 4.78 is 47.4. The lowest BCUT2D eigenvalue weighted by Gasteiger charge is -2.30. The number of rotatable bonds is 10. The number of Topliss-reactive ketones (excluding diaryl/α,β-unsaturated/α-hetero) is 1. The third-order valence-electron chi connectivity index (χ3n) is 14.0. The van der Waals surface area contributed by atoms with Gasteiger partial charge in [0.05, 0.1) is 47.2 Å². The lowest BCUT2D eigenvalue weighted by atomic mass is 9.91. The van der Waals surface area contributed by atoms with Gasteiger partial charge in [-0.25, -0.2) is 18.2 Å². The predicted molar refractivity (Wildman–Crippen MR) is 232 cm³/mol. The molecule has 2 aromatic heterocycles. The van der Waals surface area contributed by atoms with Crippen LogP contribution in [0.4, 0.5) is 4.79 Å². The smallest absolute Gasteiger partial charge is 0.408 e. The second-order valence-electron chi connectivity index (χ2n) is 18.9. The van der Waals surface area contributed by atoms with E-state index in [1.165, 1.54) is 17.7 Å². The molecule has 9 rings (SSSR count). The Hall–Kier alpha value is -4.35. The van der Waals surface area contributed by atoms with Gasteiger partial charge in [-0.15, -0.1) is 11.3 Å². The first-order valence-corrected chi connectivity index (χ1v) is 24.9. The van der Waals surface area contributed by atoms with E-state index in [9.17, 15) is 27.6 Å². The largest absolute Gasteiger partial charge is 0.459 e. The maximum atomic E-state index is 14.8. The molecule has 2 saturated heterocycles. The highest BCUT2D eigenvalue weighted by atomic mass is 32.2. The molecule has 62 heavy (non-hydrogen) atoms. The summed E-state index contributed by atoms with van der Waals surface area (Å²) in [6.45, 7) is 6.31. The van der Waals surface area contributed by atoms with E-state index in [4.69, 9.17) is 24.2 Å². The molecule has 0 bridgehead atoms. The van der Waals surface area contributed by atoms with Crippen LogP contribution in [0.25, 0.3) is 21.6 Å². The zero-order valence-electron chi connectivity index (χ0n) is 35.8. The lowest BCUT2D eigenvalue weighted by Crippen LogP contribution is -2.53. The average molecular weight is 891 g/mol. The molecule has 334 valence electrons. The third-order valence-corrected chi connectivity index (χ3v) is 17.1. The van der Waals surface area contributed by atoms with Crippen LogP contribution in [0, 0.1) is 11.3 Å². The minimum atomic E-state index is -3.96. The minimum absolute atomic E-state index is 0.0274. The second kappa shape index (κ2) is 17.0. The summed E-state index contributed by atoms with van der Waals surface area (Å²) in [5.41, 5.74) is 2.39. The Morgan fingerprint density at radius 1 is 1.02 bits per heavy atom. The van der Waals surface area contributed by atoms with Crippen molar-refractivity contribution in [3.8, 4) is 16.6 Å². The summed E-state index contributed by atoms with van der Waals surface area (Å²) in [5.74, 6) is -1.34. The van der Waals surface area contributed by atoms with Crippen LogP contribution >= 0.6 is 11.3 Å². The van der Waals surface area contributed by atoms with Crippen LogP contribution in [-0.2, 0) is 33.9 Å². The Labute approximate surface area is 366 Å². The number of alkyl carbamates (subject to hydrolysis) is 1. The number of fused-ring (bicyclic) bond motifs is 3. The maximum Gasteiger partial charge on any atom is 0.408 e. The molecule has 6 aliphatic rings. The summed E-state index contributed by atoms with van der Waals surface area (Å²) in [6, 6.07) is 4.34. The molecule has 0 radical (unpaired) electrons. The van der Waals surface area contributed by atoms with Gasteiger partial charge in [-0.2, -0.15) is 4.98 Å². The molecule has 2 N–H and O–H groups in total. The molecule has 15 nitrogen and oxygen atoms in total. The van der Waals surface area contributed by atoms with Gasteiger partial charge < -0.3 is 24.4 Å². The van der Waals surface area contributed by atoms with Crippen LogP contribution in [0.15, 0.2) is 35.7 Å². The van der Waals surface area contributed by atoms with E-state index in [0.29, 0.717) is 44.0 Å². The minimum Gasteiger partial charge on any atom is -0.459 e. The Balaban J connectivity index is 1.02. The number of hydrogen-bond donors (Lipinski definition) is 2. The number of amides is 3. The number of para-hydroxylation sites is 1. The molecule has 1 aromatic carbocycles. The van der Waals surface area contributed by atoms with Crippen molar-refractivity contribution in [3.05, 3.63) is 41.4 Å². The van der Waals surface area contributed by atoms with E-state index < -0.39 is 62.4 Å². The number of nitrogens with one attached hydrogen (secondary N) is 2. The molecule has 3 aliphatic heterocycles. The molecule has 3 saturated carbocycles. The number of aromatic nitrogens is 3. The fourth-order valence-corrected chi connectivity index (χ4v) is 12.0. The molecule has 3 aliphatic carbocycles. The van der Waals surface area contributed by atoms with Gasteiger partial charge in [0.15, 0.2) is 11.9 Å². The number of benzene rings is 1. The van der Waals surface area contributed by atoms with Gasteiger partial charge in [-0.3, -0.25) is 23.7 Å². The Morgan fingerprint density at radius 2 is 1.79 bits per heavy atom. The van der Waals surface area contributed by atoms with Crippen LogP contribution in [0.5, 0.6) is 6.01 Å². The Morgan fingerprint density at radius 3 is 2.52 bits per heavy atom. The first-order chi connectivity index (χ1) is 29.7. The summed E-state index contributed by atoms with van der Waals surface area (Å²) in [7, 11) is -3.96. The average Bonchev–Trinajstić information content (AvgIpc) is 3.70. The number of thiazole rings is 1. The fraction of sp³-hybridized carbons (Fsp3) is 0.644. The maximum absolute atomic E-state index is 14.8. The van der Waals surface area contributed by atoms with Crippen molar-refractivity contribution in [2.45, 2.75) is 152 Å². The quantitative estimate of drug-likeness (QED) is 0.206. The summed E-state index contributed by atoms with van der Waals surface area (Å²) in [5, 5.41) is 5.86. The topological polar surface area (TPSA) is 188 Å². The number of imidazole rings is 1. The van der Waals surface area contributed by atoms with Gasteiger partial charge in [-0.1, -0.05) is 43.9 Å². The van der Waals surface area contributed by atoms with Gasteiger partial charge in [0.1, 0.15) is 22.7 Å². The molecule has 3 aromatic rings. The van der Waals surface area contributed by atoms with E-state index in [1.807, 2.05) is 48.8 Å². The number of allylic oxidation sites excluding steroid dienone is 2. The summed E-state index contributed by atoms with van der Waals surface area (Å²) in [4.78, 5) is 68.4. The molecule has 3 amide bonds. The third kappa shape index (κ3) is 8.40. The van der Waals surface area contributed by atoms with E-state index in [0.717, 1.165) is 59.4 Å². The van der Waals surface area contributed by atoms with Crippen LogP contribution < -0.4 is 14.8 Å². The van der Waals surface area contributed by atoms with Gasteiger partial charge in [-0.05, 0) is 90.2 Å². The number of carbonyl (C=O) groups is 4. The van der Waals surface area contributed by atoms with Crippen LogP contribution in [0.2, 0.25) is 0 Å². The van der Waals surface area contributed by atoms with Crippen LogP contribution in [0.3, 0.4) is 0 Å². The molecule has 5 atom stereocenters. The molecule has 5 heterocycles. The van der Waals surface area contributed by atoms with E-state index in [2.05, 4.69) is 15.4 Å². The summed E-state index contributed by atoms with van der Waals surface area (Å²) >= 11 is 1.62. The number of ether oxygens (including phenoxy) is 3.